The Balaban J connectivity index is 2.70. The van der Waals surface area contributed by atoms with Crippen molar-refractivity contribution in [3.8, 4) is 11.5 Å². The maximum Gasteiger partial charge on any atom is 0.337 e. The van der Waals surface area contributed by atoms with Crippen LogP contribution in [0.25, 0.3) is 11.5 Å². The summed E-state index contributed by atoms with van der Waals surface area (Å²) in [4.78, 5) is 15.9. The Morgan fingerprint density at radius 2 is 2.05 bits per heavy atom. The molecule has 0 fully saturated rings. The summed E-state index contributed by atoms with van der Waals surface area (Å²) in [6, 6.07) is 5.27. The van der Waals surface area contributed by atoms with E-state index in [1.807, 2.05) is 33.8 Å². The lowest BCUT2D eigenvalue weighted by Gasteiger charge is -2.21. The van der Waals surface area contributed by atoms with Crippen molar-refractivity contribution in [2.75, 3.05) is 0 Å². The molecule has 4 heteroatoms. The second-order valence-corrected chi connectivity index (χ2v) is 5.58. The van der Waals surface area contributed by atoms with Gasteiger partial charge in [-0.15, -0.1) is 0 Å². The van der Waals surface area contributed by atoms with Gasteiger partial charge < -0.3 is 9.52 Å². The lowest BCUT2D eigenvalue weighted by atomic mass is 9.87. The van der Waals surface area contributed by atoms with Gasteiger partial charge in [-0.3, -0.25) is 0 Å². The van der Waals surface area contributed by atoms with Gasteiger partial charge in [-0.05, 0) is 30.7 Å². The summed E-state index contributed by atoms with van der Waals surface area (Å²) in [6.45, 7) is 7.68. The number of carboxylic acids is 1. The lowest BCUT2D eigenvalue weighted by molar-refractivity contribution is 0.0693. The van der Waals surface area contributed by atoms with E-state index in [4.69, 9.17) is 4.42 Å². The molecule has 1 N–H and O–H groups in total. The molecule has 2 aromatic rings. The van der Waals surface area contributed by atoms with E-state index in [-0.39, 0.29) is 11.0 Å². The zero-order valence-corrected chi connectivity index (χ0v) is 11.5. The second kappa shape index (κ2) is 4.53. The van der Waals surface area contributed by atoms with Crippen LogP contribution in [0, 0.1) is 6.92 Å². The largest absolute Gasteiger partial charge is 0.478 e. The fraction of sp³-hybridized carbons (Fsp3) is 0.333. The minimum absolute atomic E-state index is 0.250. The quantitative estimate of drug-likeness (QED) is 0.894. The summed E-state index contributed by atoms with van der Waals surface area (Å²) in [5, 5.41) is 9.31. The molecular formula is C15H17NO3. The molecule has 0 aliphatic rings. The van der Waals surface area contributed by atoms with E-state index in [9.17, 15) is 9.90 Å². The van der Waals surface area contributed by atoms with Crippen LogP contribution in [0.1, 0.15) is 42.4 Å². The molecule has 19 heavy (non-hydrogen) atoms. The summed E-state index contributed by atoms with van der Waals surface area (Å²) >= 11 is 0. The molecule has 0 saturated carbocycles. The molecule has 0 amide bonds. The van der Waals surface area contributed by atoms with Gasteiger partial charge in [0.1, 0.15) is 5.69 Å². The van der Waals surface area contributed by atoms with Gasteiger partial charge in [0.25, 0.3) is 0 Å². The van der Waals surface area contributed by atoms with Gasteiger partial charge in [0.2, 0.25) is 0 Å². The summed E-state index contributed by atoms with van der Waals surface area (Å²) in [5.41, 5.74) is 1.96. The van der Waals surface area contributed by atoms with Crippen LogP contribution in [0.4, 0.5) is 0 Å². The van der Waals surface area contributed by atoms with Crippen LogP contribution in [-0.4, -0.2) is 16.1 Å². The summed E-state index contributed by atoms with van der Waals surface area (Å²) in [6.07, 6.45) is 1.58. The van der Waals surface area contributed by atoms with E-state index in [0.29, 0.717) is 17.1 Å². The number of carbonyl (C=O) groups is 1. The second-order valence-electron chi connectivity index (χ2n) is 5.58. The van der Waals surface area contributed by atoms with Crippen molar-refractivity contribution >= 4 is 5.97 Å². The number of carboxylic acid groups (broad SMARTS) is 1. The van der Waals surface area contributed by atoms with Gasteiger partial charge in [0.15, 0.2) is 5.76 Å². The van der Waals surface area contributed by atoms with Gasteiger partial charge in [0.05, 0.1) is 17.5 Å². The lowest BCUT2D eigenvalue weighted by Crippen LogP contribution is -2.20. The number of nitrogens with zero attached hydrogens (tertiary/aromatic N) is 1. The molecule has 2 rings (SSSR count). The molecule has 4 nitrogen and oxygen atoms in total. The van der Waals surface area contributed by atoms with Crippen LogP contribution >= 0.6 is 0 Å². The molecule has 0 atom stereocenters. The number of pyridine rings is 1. The predicted octanol–water partition coefficient (Wildman–Crippen LogP) is 3.65. The van der Waals surface area contributed by atoms with Crippen molar-refractivity contribution in [2.24, 2.45) is 0 Å². The SMILES string of the molecule is Cc1cc(C(=O)O)c(C(C)(C)C)nc1-c1ccco1. The molecule has 0 spiro atoms. The van der Waals surface area contributed by atoms with E-state index in [0.717, 1.165) is 5.56 Å². The maximum absolute atomic E-state index is 11.4. The third-order valence-corrected chi connectivity index (χ3v) is 2.91. The molecule has 0 aliphatic carbocycles. The first-order valence-electron chi connectivity index (χ1n) is 6.10. The van der Waals surface area contributed by atoms with Gasteiger partial charge in [-0.25, -0.2) is 9.78 Å². The number of rotatable bonds is 2. The van der Waals surface area contributed by atoms with Crippen molar-refractivity contribution < 1.29 is 14.3 Å². The van der Waals surface area contributed by atoms with Crippen molar-refractivity contribution in [2.45, 2.75) is 33.1 Å². The topological polar surface area (TPSA) is 63.3 Å². The third-order valence-electron chi connectivity index (χ3n) is 2.91. The molecule has 2 aromatic heterocycles. The fourth-order valence-electron chi connectivity index (χ4n) is 2.01. The number of furan rings is 1. The molecule has 100 valence electrons. The normalized spacial score (nSPS) is 11.6. The van der Waals surface area contributed by atoms with Gasteiger partial charge >= 0.3 is 5.97 Å². The highest BCUT2D eigenvalue weighted by atomic mass is 16.4. The molecule has 0 saturated heterocycles. The Morgan fingerprint density at radius 1 is 1.37 bits per heavy atom. The number of aromatic carboxylic acids is 1. The van der Waals surface area contributed by atoms with Crippen molar-refractivity contribution in [3.05, 3.63) is 41.3 Å². The average Bonchev–Trinajstić information content (AvgIpc) is 2.80. The molecule has 0 unspecified atom stereocenters. The number of hydrogen-bond acceptors (Lipinski definition) is 3. The highest BCUT2D eigenvalue weighted by molar-refractivity contribution is 5.90. The van der Waals surface area contributed by atoms with Crippen LogP contribution in [0.3, 0.4) is 0 Å². The molecule has 0 bridgehead atoms. The van der Waals surface area contributed by atoms with E-state index >= 15 is 0 Å². The summed E-state index contributed by atoms with van der Waals surface area (Å²) in [7, 11) is 0. The standard InChI is InChI=1S/C15H17NO3/c1-9-8-10(14(17)18)13(15(2,3)4)16-12(9)11-6-5-7-19-11/h5-8H,1-4H3,(H,17,18). The minimum Gasteiger partial charge on any atom is -0.478 e. The van der Waals surface area contributed by atoms with E-state index in [1.54, 1.807) is 18.4 Å². The minimum atomic E-state index is -0.952. The monoisotopic (exact) mass is 259 g/mol. The Labute approximate surface area is 112 Å². The first-order valence-corrected chi connectivity index (χ1v) is 6.10. The number of aromatic nitrogens is 1. The molecule has 0 aromatic carbocycles. The zero-order valence-electron chi connectivity index (χ0n) is 11.5. The smallest absolute Gasteiger partial charge is 0.337 e. The molecule has 2 heterocycles. The molecular weight excluding hydrogens is 242 g/mol. The molecule has 0 radical (unpaired) electrons. The predicted molar refractivity (Wildman–Crippen MR) is 72.3 cm³/mol. The Bertz CT molecular complexity index is 607. The highest BCUT2D eigenvalue weighted by Gasteiger charge is 2.25. The van der Waals surface area contributed by atoms with Crippen molar-refractivity contribution in [1.29, 1.82) is 0 Å². The van der Waals surface area contributed by atoms with Crippen molar-refractivity contribution in [1.82, 2.24) is 4.98 Å². The zero-order chi connectivity index (χ0) is 14.2. The maximum atomic E-state index is 11.4. The van der Waals surface area contributed by atoms with Crippen LogP contribution < -0.4 is 0 Å². The number of hydrogen-bond donors (Lipinski definition) is 1. The fourth-order valence-corrected chi connectivity index (χ4v) is 2.01. The van der Waals surface area contributed by atoms with E-state index in [2.05, 4.69) is 4.98 Å². The first kappa shape index (κ1) is 13.3. The van der Waals surface area contributed by atoms with E-state index in [1.165, 1.54) is 0 Å². The third kappa shape index (κ3) is 2.52. The first-order chi connectivity index (χ1) is 8.80. The Kier molecular flexibility index (Phi) is 3.18. The van der Waals surface area contributed by atoms with Crippen molar-refractivity contribution in [3.63, 3.8) is 0 Å². The Hall–Kier alpha value is -2.10. The van der Waals surface area contributed by atoms with Gasteiger partial charge in [-0.1, -0.05) is 20.8 Å². The van der Waals surface area contributed by atoms with Gasteiger partial charge in [0, 0.05) is 5.41 Å². The highest BCUT2D eigenvalue weighted by Crippen LogP contribution is 2.30. The number of aryl methyl sites for hydroxylation is 1. The Morgan fingerprint density at radius 3 is 2.53 bits per heavy atom. The van der Waals surface area contributed by atoms with E-state index < -0.39 is 5.97 Å². The summed E-state index contributed by atoms with van der Waals surface area (Å²) < 4.78 is 5.36. The van der Waals surface area contributed by atoms with Gasteiger partial charge in [-0.2, -0.15) is 0 Å². The van der Waals surface area contributed by atoms with Crippen LogP contribution in [0.15, 0.2) is 28.9 Å². The average molecular weight is 259 g/mol. The van der Waals surface area contributed by atoms with Crippen LogP contribution in [-0.2, 0) is 5.41 Å². The van der Waals surface area contributed by atoms with Crippen LogP contribution in [0.5, 0.6) is 0 Å². The summed E-state index contributed by atoms with van der Waals surface area (Å²) in [5.74, 6) is -0.300. The molecule has 0 aliphatic heterocycles. The van der Waals surface area contributed by atoms with Crippen LogP contribution in [0.2, 0.25) is 0 Å².